The number of carbonyl (C=O) groups is 1. The summed E-state index contributed by atoms with van der Waals surface area (Å²) in [6.07, 6.45) is 8.05. The van der Waals surface area contributed by atoms with Crippen molar-refractivity contribution in [3.63, 3.8) is 0 Å². The van der Waals surface area contributed by atoms with Crippen LogP contribution >= 0.6 is 0 Å². The van der Waals surface area contributed by atoms with E-state index >= 15 is 0 Å². The Bertz CT molecular complexity index is 615. The van der Waals surface area contributed by atoms with Crippen LogP contribution in [0.5, 0.6) is 0 Å². The van der Waals surface area contributed by atoms with Gasteiger partial charge >= 0.3 is 0 Å². The fourth-order valence-electron chi connectivity index (χ4n) is 2.53. The molecule has 20 heavy (non-hydrogen) atoms. The highest BCUT2D eigenvalue weighted by Crippen LogP contribution is 2.31. The maximum absolute atomic E-state index is 12.1. The van der Waals surface area contributed by atoms with Crippen molar-refractivity contribution in [1.82, 2.24) is 0 Å². The number of benzene rings is 1. The van der Waals surface area contributed by atoms with Gasteiger partial charge in [-0.2, -0.15) is 0 Å². The van der Waals surface area contributed by atoms with Crippen molar-refractivity contribution >= 4 is 11.5 Å². The summed E-state index contributed by atoms with van der Waals surface area (Å²) < 4.78 is 5.97. The first-order chi connectivity index (χ1) is 9.65. The van der Waals surface area contributed by atoms with Gasteiger partial charge in [-0.05, 0) is 11.5 Å². The molecule has 0 amide bonds. The van der Waals surface area contributed by atoms with E-state index in [0.29, 0.717) is 11.7 Å². The standard InChI is InChI=1S/C18H18O2/c1-12(2)13-7-9-14(10-8-13)18-11-16(19)15-5-3-4-6-17(15)20-18/h3-5,7-12,17H,6H2,1-2H3. The van der Waals surface area contributed by atoms with E-state index in [-0.39, 0.29) is 11.9 Å². The van der Waals surface area contributed by atoms with Gasteiger partial charge in [0.15, 0.2) is 5.78 Å². The molecule has 2 nitrogen and oxygen atoms in total. The predicted octanol–water partition coefficient (Wildman–Crippen LogP) is 4.01. The second-order valence-corrected chi connectivity index (χ2v) is 5.54. The first-order valence-electron chi connectivity index (χ1n) is 7.05. The molecule has 1 atom stereocenters. The van der Waals surface area contributed by atoms with Crippen molar-refractivity contribution in [2.75, 3.05) is 0 Å². The predicted molar refractivity (Wildman–Crippen MR) is 80.2 cm³/mol. The van der Waals surface area contributed by atoms with E-state index < -0.39 is 0 Å². The van der Waals surface area contributed by atoms with E-state index in [9.17, 15) is 4.79 Å². The average molecular weight is 266 g/mol. The number of hydrogen-bond donors (Lipinski definition) is 0. The van der Waals surface area contributed by atoms with Gasteiger partial charge in [0.05, 0.1) is 0 Å². The largest absolute Gasteiger partial charge is 0.484 e. The summed E-state index contributed by atoms with van der Waals surface area (Å²) in [5.74, 6) is 1.25. The molecule has 1 unspecified atom stereocenters. The van der Waals surface area contributed by atoms with Crippen LogP contribution in [0, 0.1) is 0 Å². The number of ether oxygens (including phenoxy) is 1. The van der Waals surface area contributed by atoms with Crippen LogP contribution < -0.4 is 0 Å². The Morgan fingerprint density at radius 1 is 1.20 bits per heavy atom. The van der Waals surface area contributed by atoms with Gasteiger partial charge in [-0.3, -0.25) is 4.79 Å². The molecule has 0 saturated heterocycles. The normalized spacial score (nSPS) is 21.1. The van der Waals surface area contributed by atoms with Crippen LogP contribution in [0.3, 0.4) is 0 Å². The SMILES string of the molecule is CC(C)c1ccc(C2=CC(=O)C3=CC=CCC3O2)cc1. The zero-order chi connectivity index (χ0) is 14.1. The average Bonchev–Trinajstić information content (AvgIpc) is 2.47. The summed E-state index contributed by atoms with van der Waals surface area (Å²) in [4.78, 5) is 12.1. The van der Waals surface area contributed by atoms with Gasteiger partial charge in [0.1, 0.15) is 11.9 Å². The second-order valence-electron chi connectivity index (χ2n) is 5.54. The first-order valence-corrected chi connectivity index (χ1v) is 7.05. The van der Waals surface area contributed by atoms with Crippen LogP contribution in [0.25, 0.3) is 5.76 Å². The van der Waals surface area contributed by atoms with E-state index in [4.69, 9.17) is 4.74 Å². The zero-order valence-electron chi connectivity index (χ0n) is 11.8. The maximum Gasteiger partial charge on any atom is 0.189 e. The Morgan fingerprint density at radius 2 is 1.95 bits per heavy atom. The number of carbonyl (C=O) groups excluding carboxylic acids is 1. The summed E-state index contributed by atoms with van der Waals surface area (Å²) >= 11 is 0. The fourth-order valence-corrected chi connectivity index (χ4v) is 2.53. The number of ketones is 1. The minimum absolute atomic E-state index is 0.0635. The molecule has 2 heteroatoms. The third kappa shape index (κ3) is 2.34. The molecular weight excluding hydrogens is 248 g/mol. The molecule has 0 aromatic heterocycles. The van der Waals surface area contributed by atoms with Crippen LogP contribution in [-0.2, 0) is 9.53 Å². The zero-order valence-corrected chi connectivity index (χ0v) is 11.8. The highest BCUT2D eigenvalue weighted by atomic mass is 16.5. The number of hydrogen-bond acceptors (Lipinski definition) is 2. The summed E-state index contributed by atoms with van der Waals surface area (Å²) in [6.45, 7) is 4.33. The molecule has 0 N–H and O–H groups in total. The number of fused-ring (bicyclic) bond motifs is 1. The lowest BCUT2D eigenvalue weighted by Gasteiger charge is -2.27. The number of allylic oxidation sites excluding steroid dienone is 3. The summed E-state index contributed by atoms with van der Waals surface area (Å²) in [5, 5.41) is 0. The molecule has 0 saturated carbocycles. The van der Waals surface area contributed by atoms with E-state index in [1.165, 1.54) is 5.56 Å². The van der Waals surface area contributed by atoms with E-state index in [1.807, 2.05) is 30.4 Å². The lowest BCUT2D eigenvalue weighted by atomic mass is 9.93. The topological polar surface area (TPSA) is 26.3 Å². The molecule has 0 radical (unpaired) electrons. The Labute approximate surface area is 119 Å². The smallest absolute Gasteiger partial charge is 0.189 e. The molecule has 3 rings (SSSR count). The Kier molecular flexibility index (Phi) is 3.31. The van der Waals surface area contributed by atoms with Crippen LogP contribution in [0.1, 0.15) is 37.3 Å². The monoisotopic (exact) mass is 266 g/mol. The highest BCUT2D eigenvalue weighted by molar-refractivity contribution is 6.09. The molecule has 1 heterocycles. The number of rotatable bonds is 2. The fraction of sp³-hybridized carbons (Fsp3) is 0.278. The maximum atomic E-state index is 12.1. The molecular formula is C18H18O2. The molecule has 0 fully saturated rings. The second kappa shape index (κ2) is 5.12. The summed E-state index contributed by atoms with van der Waals surface area (Å²) in [7, 11) is 0. The lowest BCUT2D eigenvalue weighted by Crippen LogP contribution is -2.25. The molecule has 102 valence electrons. The van der Waals surface area contributed by atoms with Gasteiger partial charge in [0, 0.05) is 23.6 Å². The highest BCUT2D eigenvalue weighted by Gasteiger charge is 2.28. The third-order valence-corrected chi connectivity index (χ3v) is 3.79. The Morgan fingerprint density at radius 3 is 2.65 bits per heavy atom. The van der Waals surface area contributed by atoms with E-state index in [0.717, 1.165) is 17.6 Å². The Hall–Kier alpha value is -2.09. The molecule has 1 aliphatic heterocycles. The van der Waals surface area contributed by atoms with Crippen LogP contribution in [0.15, 0.2) is 54.1 Å². The van der Waals surface area contributed by atoms with Gasteiger partial charge in [-0.25, -0.2) is 0 Å². The summed E-state index contributed by atoms with van der Waals surface area (Å²) in [5.41, 5.74) is 3.02. The van der Waals surface area contributed by atoms with Crippen molar-refractivity contribution in [3.8, 4) is 0 Å². The first kappa shape index (κ1) is 12.9. The van der Waals surface area contributed by atoms with Crippen molar-refractivity contribution in [1.29, 1.82) is 0 Å². The minimum Gasteiger partial charge on any atom is -0.484 e. The van der Waals surface area contributed by atoms with E-state index in [2.05, 4.69) is 26.0 Å². The van der Waals surface area contributed by atoms with Gasteiger partial charge in [-0.15, -0.1) is 0 Å². The molecule has 1 aromatic carbocycles. The van der Waals surface area contributed by atoms with E-state index in [1.54, 1.807) is 6.08 Å². The van der Waals surface area contributed by atoms with Crippen molar-refractivity contribution in [3.05, 3.63) is 65.3 Å². The minimum atomic E-state index is -0.128. The lowest BCUT2D eigenvalue weighted by molar-refractivity contribution is -0.113. The van der Waals surface area contributed by atoms with Crippen molar-refractivity contribution < 1.29 is 9.53 Å². The van der Waals surface area contributed by atoms with Crippen LogP contribution in [0.2, 0.25) is 0 Å². The van der Waals surface area contributed by atoms with Gasteiger partial charge in [0.25, 0.3) is 0 Å². The van der Waals surface area contributed by atoms with Crippen molar-refractivity contribution in [2.24, 2.45) is 0 Å². The third-order valence-electron chi connectivity index (χ3n) is 3.79. The molecule has 0 spiro atoms. The molecule has 1 aromatic rings. The van der Waals surface area contributed by atoms with Crippen LogP contribution in [-0.4, -0.2) is 11.9 Å². The summed E-state index contributed by atoms with van der Waals surface area (Å²) in [6, 6.07) is 8.26. The van der Waals surface area contributed by atoms with Gasteiger partial charge in [-0.1, -0.05) is 56.3 Å². The van der Waals surface area contributed by atoms with Crippen LogP contribution in [0.4, 0.5) is 0 Å². The molecule has 2 aliphatic rings. The Balaban J connectivity index is 1.89. The molecule has 1 aliphatic carbocycles. The van der Waals surface area contributed by atoms with Gasteiger partial charge < -0.3 is 4.74 Å². The quantitative estimate of drug-likeness (QED) is 0.808. The van der Waals surface area contributed by atoms with Crippen molar-refractivity contribution in [2.45, 2.75) is 32.3 Å². The van der Waals surface area contributed by atoms with Gasteiger partial charge in [0.2, 0.25) is 0 Å². The molecule has 0 bridgehead atoms.